The van der Waals surface area contributed by atoms with Crippen molar-refractivity contribution in [1.82, 2.24) is 0 Å². The third-order valence-electron chi connectivity index (χ3n) is 2.09. The first-order valence-corrected chi connectivity index (χ1v) is 4.73. The van der Waals surface area contributed by atoms with Crippen molar-refractivity contribution >= 4 is 17.1 Å². The summed E-state index contributed by atoms with van der Waals surface area (Å²) in [5.74, 6) is 0.129. The highest BCUT2D eigenvalue weighted by Gasteiger charge is 2.15. The molecule has 0 heterocycles. The highest BCUT2D eigenvalue weighted by Crippen LogP contribution is 2.36. The molecule has 0 spiro atoms. The number of rotatable bonds is 4. The molecule has 0 aliphatic rings. The van der Waals surface area contributed by atoms with Crippen LogP contribution in [0.1, 0.15) is 5.56 Å². The van der Waals surface area contributed by atoms with Crippen molar-refractivity contribution in [2.45, 2.75) is 6.42 Å². The van der Waals surface area contributed by atoms with Gasteiger partial charge in [-0.05, 0) is 18.1 Å². The highest BCUT2D eigenvalue weighted by atomic mass is 16.9. The zero-order chi connectivity index (χ0) is 12.3. The Hall–Kier alpha value is -1.92. The van der Waals surface area contributed by atoms with Gasteiger partial charge in [0.1, 0.15) is 12.7 Å². The molecule has 0 amide bonds. The number of nitrogens with two attached hydrogens (primary N) is 3. The van der Waals surface area contributed by atoms with Gasteiger partial charge in [-0.3, -0.25) is 0 Å². The summed E-state index contributed by atoms with van der Waals surface area (Å²) in [6.45, 7) is 3.60. The Morgan fingerprint density at radius 1 is 1.44 bits per heavy atom. The van der Waals surface area contributed by atoms with Crippen molar-refractivity contribution in [2.24, 2.45) is 0 Å². The van der Waals surface area contributed by atoms with Crippen LogP contribution in [-0.2, 0) is 6.42 Å². The topological polar surface area (TPSA) is 115 Å². The lowest BCUT2D eigenvalue weighted by atomic mass is 10.1. The second kappa shape index (κ2) is 4.73. The number of hydrogen-bond acceptors (Lipinski definition) is 5. The van der Waals surface area contributed by atoms with Gasteiger partial charge >= 0.3 is 0 Å². The van der Waals surface area contributed by atoms with Crippen LogP contribution in [0.5, 0.6) is 5.75 Å². The van der Waals surface area contributed by atoms with Crippen molar-refractivity contribution < 1.29 is 10.1 Å². The van der Waals surface area contributed by atoms with Crippen molar-refractivity contribution in [3.8, 4) is 5.75 Å². The van der Waals surface area contributed by atoms with E-state index in [1.807, 2.05) is 0 Å². The summed E-state index contributed by atoms with van der Waals surface area (Å²) in [5.41, 5.74) is 18.8. The highest BCUT2D eigenvalue weighted by molar-refractivity contribution is 5.81. The summed E-state index contributed by atoms with van der Waals surface area (Å²) in [4.78, 5) is 4.94. The third kappa shape index (κ3) is 2.36. The second-order valence-electron chi connectivity index (χ2n) is 3.37. The van der Waals surface area contributed by atoms with E-state index in [2.05, 4.69) is 6.58 Å². The normalized spacial score (nSPS) is 12.1. The molecule has 0 aromatic heterocycles. The fourth-order valence-corrected chi connectivity index (χ4v) is 1.34. The molecule has 0 saturated carbocycles. The molecule has 1 aromatic rings. The lowest BCUT2D eigenvalue weighted by Crippen LogP contribution is -3.06. The molecule has 0 fully saturated rings. The van der Waals surface area contributed by atoms with Crippen molar-refractivity contribution in [3.05, 3.63) is 29.5 Å². The molecular formula is C10H16N4O2. The van der Waals surface area contributed by atoms with Crippen molar-refractivity contribution in [1.29, 1.82) is 0 Å². The minimum Gasteiger partial charge on any atom is -0.591 e. The van der Waals surface area contributed by atoms with Gasteiger partial charge in [-0.2, -0.15) is 5.23 Å². The molecule has 0 radical (unpaired) electrons. The van der Waals surface area contributed by atoms with Crippen LogP contribution < -0.4 is 27.3 Å². The molecule has 1 unspecified atom stereocenters. The van der Waals surface area contributed by atoms with Gasteiger partial charge < -0.3 is 27.2 Å². The number of anilines is 3. The van der Waals surface area contributed by atoms with E-state index < -0.39 is 5.23 Å². The number of hydrogen-bond donors (Lipinski definition) is 4. The fraction of sp³-hybridized carbons (Fsp3) is 0.200. The summed E-state index contributed by atoms with van der Waals surface area (Å²) in [6, 6.07) is 1.65. The summed E-state index contributed by atoms with van der Waals surface area (Å²) < 4.78 is 0. The van der Waals surface area contributed by atoms with Crippen LogP contribution in [0.25, 0.3) is 0 Å². The van der Waals surface area contributed by atoms with E-state index in [1.54, 1.807) is 12.1 Å². The van der Waals surface area contributed by atoms with E-state index in [0.29, 0.717) is 17.8 Å². The van der Waals surface area contributed by atoms with Crippen LogP contribution >= 0.6 is 0 Å². The minimum absolute atomic E-state index is 0.129. The lowest BCUT2D eigenvalue weighted by molar-refractivity contribution is -1.00. The van der Waals surface area contributed by atoms with E-state index in [1.165, 1.54) is 7.05 Å². The van der Waals surface area contributed by atoms with Crippen LogP contribution in [-0.4, -0.2) is 7.05 Å². The quantitative estimate of drug-likeness (QED) is 0.312. The molecule has 16 heavy (non-hydrogen) atoms. The molecule has 7 N–H and O–H groups in total. The van der Waals surface area contributed by atoms with Gasteiger partial charge in [0, 0.05) is 0 Å². The zero-order valence-corrected chi connectivity index (χ0v) is 9.12. The van der Waals surface area contributed by atoms with Crippen LogP contribution in [0.2, 0.25) is 0 Å². The molecular weight excluding hydrogens is 208 g/mol. The molecule has 6 heteroatoms. The average molecular weight is 224 g/mol. The van der Waals surface area contributed by atoms with Gasteiger partial charge in [0.2, 0.25) is 5.75 Å². The molecule has 1 aromatic carbocycles. The van der Waals surface area contributed by atoms with Gasteiger partial charge in [-0.1, -0.05) is 6.08 Å². The average Bonchev–Trinajstić information content (AvgIpc) is 2.21. The summed E-state index contributed by atoms with van der Waals surface area (Å²) in [5, 5.41) is 10.4. The van der Waals surface area contributed by atoms with Gasteiger partial charge in [-0.25, -0.2) is 0 Å². The molecule has 88 valence electrons. The Labute approximate surface area is 93.8 Å². The van der Waals surface area contributed by atoms with E-state index >= 15 is 0 Å². The first kappa shape index (κ1) is 12.2. The van der Waals surface area contributed by atoms with E-state index in [4.69, 9.17) is 22.0 Å². The zero-order valence-electron chi connectivity index (χ0n) is 9.12. The summed E-state index contributed by atoms with van der Waals surface area (Å²) >= 11 is 0. The number of benzene rings is 1. The van der Waals surface area contributed by atoms with Crippen LogP contribution in [0, 0.1) is 5.21 Å². The van der Waals surface area contributed by atoms with Gasteiger partial charge in [0.25, 0.3) is 0 Å². The Morgan fingerprint density at radius 3 is 2.56 bits per heavy atom. The maximum Gasteiger partial charge on any atom is 0.238 e. The molecule has 1 rings (SSSR count). The summed E-state index contributed by atoms with van der Waals surface area (Å²) in [6.07, 6.45) is 2.21. The molecule has 6 nitrogen and oxygen atoms in total. The van der Waals surface area contributed by atoms with Gasteiger partial charge in [0.05, 0.1) is 11.4 Å². The Morgan fingerprint density at radius 2 is 2.06 bits per heavy atom. The lowest BCUT2D eigenvalue weighted by Gasteiger charge is -2.19. The number of nitrogen functional groups attached to an aromatic ring is 3. The van der Waals surface area contributed by atoms with Crippen molar-refractivity contribution in [3.63, 3.8) is 0 Å². The third-order valence-corrected chi connectivity index (χ3v) is 2.09. The maximum absolute atomic E-state index is 10.9. The second-order valence-corrected chi connectivity index (χ2v) is 3.37. The molecule has 1 atom stereocenters. The Bertz CT molecular complexity index is 404. The monoisotopic (exact) mass is 224 g/mol. The predicted molar refractivity (Wildman–Crippen MR) is 64.5 cm³/mol. The first-order chi connectivity index (χ1) is 7.47. The number of hydroxylamine groups is 2. The summed E-state index contributed by atoms with van der Waals surface area (Å²) in [7, 11) is 1.27. The fourth-order valence-electron chi connectivity index (χ4n) is 1.34. The molecule has 0 aliphatic heterocycles. The molecule has 0 bridgehead atoms. The largest absolute Gasteiger partial charge is 0.591 e. The minimum atomic E-state index is -0.492. The van der Waals surface area contributed by atoms with Crippen LogP contribution in [0.3, 0.4) is 0 Å². The van der Waals surface area contributed by atoms with Gasteiger partial charge in [0.15, 0.2) is 0 Å². The standard InChI is InChI=1S/C10H16N4O2/c1-3-4-6-5-7(11)9(13)10(8(6)12)16-14(2)15/h3,5,14H,1,4,11-13H2,2H3. The Balaban J connectivity index is 3.27. The van der Waals surface area contributed by atoms with Crippen molar-refractivity contribution in [2.75, 3.05) is 24.2 Å². The number of allylic oxidation sites excluding steroid dienone is 1. The van der Waals surface area contributed by atoms with Gasteiger partial charge in [-0.15, -0.1) is 6.58 Å². The SMILES string of the molecule is C=CCc1cc(N)c(N)c(O[NH+](C)[O-])c1N. The van der Waals surface area contributed by atoms with Crippen LogP contribution in [0.4, 0.5) is 17.1 Å². The molecule has 0 saturated heterocycles. The number of quaternary nitrogens is 1. The van der Waals surface area contributed by atoms with E-state index in [0.717, 1.165) is 5.56 Å². The number of nitrogens with one attached hydrogen (secondary N) is 1. The van der Waals surface area contributed by atoms with E-state index in [-0.39, 0.29) is 11.4 Å². The first-order valence-electron chi connectivity index (χ1n) is 4.73. The smallest absolute Gasteiger partial charge is 0.238 e. The maximum atomic E-state index is 10.9. The van der Waals surface area contributed by atoms with Crippen LogP contribution in [0.15, 0.2) is 18.7 Å². The predicted octanol–water partition coefficient (Wildman–Crippen LogP) is -0.532. The Kier molecular flexibility index (Phi) is 3.60. The van der Waals surface area contributed by atoms with E-state index in [9.17, 15) is 5.21 Å². The molecule has 0 aliphatic carbocycles.